The lowest BCUT2D eigenvalue weighted by Crippen LogP contribution is -2.48. The molecule has 0 bridgehead atoms. The second-order valence-corrected chi connectivity index (χ2v) is 9.78. The number of piperidine rings is 1. The average molecular weight is 493 g/mol. The van der Waals surface area contributed by atoms with Gasteiger partial charge in [-0.25, -0.2) is 4.98 Å². The lowest BCUT2D eigenvalue weighted by molar-refractivity contribution is -0.154. The van der Waals surface area contributed by atoms with Crippen LogP contribution < -0.4 is 0 Å². The van der Waals surface area contributed by atoms with E-state index in [-0.39, 0.29) is 12.3 Å². The van der Waals surface area contributed by atoms with Gasteiger partial charge in [-0.05, 0) is 53.3 Å². The van der Waals surface area contributed by atoms with Crippen molar-refractivity contribution in [1.29, 1.82) is 5.26 Å². The molecule has 1 aliphatic rings. The number of amides is 1. The smallest absolute Gasteiger partial charge is 0.310 e. The van der Waals surface area contributed by atoms with Crippen LogP contribution in [0.4, 0.5) is 0 Å². The van der Waals surface area contributed by atoms with Crippen molar-refractivity contribution >= 4 is 22.6 Å². The van der Waals surface area contributed by atoms with Crippen LogP contribution in [0.2, 0.25) is 0 Å². The molecule has 1 aromatic heterocycles. The molecule has 186 valence electrons. The number of nitrogens with zero attached hydrogens (tertiary/aromatic N) is 4. The van der Waals surface area contributed by atoms with Crippen LogP contribution in [-0.4, -0.2) is 44.5 Å². The van der Waals surface area contributed by atoms with Gasteiger partial charge in [0.2, 0.25) is 5.91 Å². The van der Waals surface area contributed by atoms with Gasteiger partial charge in [-0.1, -0.05) is 54.6 Å². The Morgan fingerprint density at radius 2 is 1.73 bits per heavy atom. The Balaban J connectivity index is 1.25. The number of imidazole rings is 1. The monoisotopic (exact) mass is 492 g/mol. The second-order valence-electron chi connectivity index (χ2n) is 9.78. The number of carboxylic acid groups (broad SMARTS) is 1. The zero-order valence-electron chi connectivity index (χ0n) is 20.5. The molecule has 5 rings (SSSR count). The minimum Gasteiger partial charge on any atom is -0.481 e. The molecule has 0 radical (unpaired) electrons. The highest BCUT2D eigenvalue weighted by molar-refractivity contribution is 5.87. The molecule has 0 saturated carbocycles. The van der Waals surface area contributed by atoms with Gasteiger partial charge in [0.15, 0.2) is 0 Å². The van der Waals surface area contributed by atoms with Crippen molar-refractivity contribution in [2.24, 2.45) is 5.41 Å². The van der Waals surface area contributed by atoms with E-state index in [0.717, 1.165) is 27.6 Å². The summed E-state index contributed by atoms with van der Waals surface area (Å²) in [7, 11) is 0. The lowest BCUT2D eigenvalue weighted by Gasteiger charge is -2.39. The highest BCUT2D eigenvalue weighted by Gasteiger charge is 2.42. The van der Waals surface area contributed by atoms with Crippen LogP contribution in [0.5, 0.6) is 0 Å². The Bertz CT molecular complexity index is 1470. The molecule has 0 unspecified atom stereocenters. The summed E-state index contributed by atoms with van der Waals surface area (Å²) in [6.07, 6.45) is 4.90. The number of carbonyl (C=O) groups is 2. The number of aliphatic carboxylic acids is 1. The van der Waals surface area contributed by atoms with Crippen molar-refractivity contribution in [3.63, 3.8) is 0 Å². The number of nitriles is 1. The lowest BCUT2D eigenvalue weighted by atomic mass is 9.73. The van der Waals surface area contributed by atoms with Crippen LogP contribution in [0.25, 0.3) is 10.8 Å². The van der Waals surface area contributed by atoms with E-state index in [1.54, 1.807) is 29.6 Å². The molecule has 7 heteroatoms. The predicted molar refractivity (Wildman–Crippen MR) is 140 cm³/mol. The molecule has 1 saturated heterocycles. The van der Waals surface area contributed by atoms with Crippen molar-refractivity contribution in [3.05, 3.63) is 102 Å². The molecule has 0 atom stereocenters. The molecule has 4 aromatic rings. The molecule has 0 aliphatic carbocycles. The van der Waals surface area contributed by atoms with E-state index in [1.165, 1.54) is 0 Å². The Labute approximate surface area is 215 Å². The van der Waals surface area contributed by atoms with Crippen LogP contribution in [0.3, 0.4) is 0 Å². The number of carboxylic acids is 1. The maximum absolute atomic E-state index is 13.2. The van der Waals surface area contributed by atoms with Gasteiger partial charge in [0.1, 0.15) is 0 Å². The summed E-state index contributed by atoms with van der Waals surface area (Å²) >= 11 is 0. The maximum atomic E-state index is 13.2. The first-order valence-corrected chi connectivity index (χ1v) is 12.4. The number of hydrogen-bond acceptors (Lipinski definition) is 4. The molecule has 1 fully saturated rings. The topological polar surface area (TPSA) is 99.2 Å². The van der Waals surface area contributed by atoms with Crippen molar-refractivity contribution in [1.82, 2.24) is 14.5 Å². The normalized spacial score (nSPS) is 14.8. The zero-order chi connectivity index (χ0) is 25.8. The third-order valence-corrected chi connectivity index (χ3v) is 7.50. The van der Waals surface area contributed by atoms with Crippen LogP contribution in [0, 0.1) is 16.7 Å². The van der Waals surface area contributed by atoms with E-state index >= 15 is 0 Å². The molecule has 3 aromatic carbocycles. The van der Waals surface area contributed by atoms with Gasteiger partial charge in [0, 0.05) is 31.5 Å². The molecule has 2 heterocycles. The summed E-state index contributed by atoms with van der Waals surface area (Å²) in [5, 5.41) is 21.4. The molecule has 0 spiro atoms. The van der Waals surface area contributed by atoms with Crippen LogP contribution in [0.15, 0.2) is 79.3 Å². The minimum atomic E-state index is -0.891. The van der Waals surface area contributed by atoms with E-state index in [0.29, 0.717) is 44.5 Å². The fourth-order valence-electron chi connectivity index (χ4n) is 5.25. The third-order valence-electron chi connectivity index (χ3n) is 7.50. The van der Waals surface area contributed by atoms with Gasteiger partial charge < -0.3 is 14.6 Å². The fourth-order valence-corrected chi connectivity index (χ4v) is 5.25. The van der Waals surface area contributed by atoms with Crippen LogP contribution in [-0.2, 0) is 29.0 Å². The summed E-state index contributed by atoms with van der Waals surface area (Å²) in [4.78, 5) is 31.7. The van der Waals surface area contributed by atoms with E-state index in [1.807, 2.05) is 59.2 Å². The molecular weight excluding hydrogens is 464 g/mol. The highest BCUT2D eigenvalue weighted by atomic mass is 16.4. The molecular formula is C30H28N4O3. The van der Waals surface area contributed by atoms with Crippen LogP contribution >= 0.6 is 0 Å². The third kappa shape index (κ3) is 5.10. The predicted octanol–water partition coefficient (Wildman–Crippen LogP) is 4.43. The number of hydrogen-bond donors (Lipinski definition) is 1. The van der Waals surface area contributed by atoms with Crippen molar-refractivity contribution in [3.8, 4) is 6.07 Å². The van der Waals surface area contributed by atoms with E-state index in [9.17, 15) is 14.7 Å². The van der Waals surface area contributed by atoms with E-state index in [2.05, 4.69) is 11.1 Å². The SMILES string of the molecule is N#Cc1ccc(Cn2cncc2CC(=O)N2CCC(Cc3cccc4ccccc34)(C(=O)O)CC2)cc1. The number of carbonyl (C=O) groups excluding carboxylic acids is 1. The quantitative estimate of drug-likeness (QED) is 0.411. The van der Waals surface area contributed by atoms with Crippen molar-refractivity contribution in [2.45, 2.75) is 32.2 Å². The summed E-state index contributed by atoms with van der Waals surface area (Å²) < 4.78 is 1.94. The number of rotatable bonds is 7. The number of aromatic nitrogens is 2. The van der Waals surface area contributed by atoms with Gasteiger partial charge in [0.05, 0.1) is 29.8 Å². The van der Waals surface area contributed by atoms with Gasteiger partial charge in [-0.3, -0.25) is 9.59 Å². The van der Waals surface area contributed by atoms with Gasteiger partial charge in [-0.15, -0.1) is 0 Å². The Hall–Kier alpha value is -4.44. The number of fused-ring (bicyclic) bond motifs is 1. The molecule has 7 nitrogen and oxygen atoms in total. The summed E-state index contributed by atoms with van der Waals surface area (Å²) in [5.41, 5.74) is 2.57. The van der Waals surface area contributed by atoms with E-state index in [4.69, 9.17) is 5.26 Å². The Morgan fingerprint density at radius 1 is 1.00 bits per heavy atom. The maximum Gasteiger partial charge on any atom is 0.310 e. The summed E-state index contributed by atoms with van der Waals surface area (Å²) in [5.74, 6) is -0.821. The number of benzene rings is 3. The molecule has 1 amide bonds. The fraction of sp³-hybridized carbons (Fsp3) is 0.267. The molecule has 1 N–H and O–H groups in total. The van der Waals surface area contributed by atoms with Crippen molar-refractivity contribution < 1.29 is 14.7 Å². The molecule has 37 heavy (non-hydrogen) atoms. The molecule has 1 aliphatic heterocycles. The van der Waals surface area contributed by atoms with Gasteiger partial charge in [0.25, 0.3) is 0 Å². The largest absolute Gasteiger partial charge is 0.481 e. The number of likely N-dealkylation sites (tertiary alicyclic amines) is 1. The Morgan fingerprint density at radius 3 is 2.46 bits per heavy atom. The summed E-state index contributed by atoms with van der Waals surface area (Å²) in [6, 6.07) is 23.5. The summed E-state index contributed by atoms with van der Waals surface area (Å²) in [6.45, 7) is 1.39. The van der Waals surface area contributed by atoms with Gasteiger partial charge >= 0.3 is 5.97 Å². The van der Waals surface area contributed by atoms with Crippen molar-refractivity contribution in [2.75, 3.05) is 13.1 Å². The standard InChI is InChI=1S/C30H28N4O3/c31-18-22-8-10-23(11-9-22)20-34-21-32-19-26(34)16-28(35)33-14-12-30(13-15-33,29(36)37)17-25-6-3-5-24-4-1-2-7-27(24)25/h1-11,19,21H,12-17,20H2,(H,36,37). The van der Waals surface area contributed by atoms with Gasteiger partial charge in [-0.2, -0.15) is 5.26 Å². The minimum absolute atomic E-state index is 0.0225. The first-order chi connectivity index (χ1) is 18.0. The van der Waals surface area contributed by atoms with E-state index < -0.39 is 11.4 Å². The first kappa shape index (κ1) is 24.3. The Kier molecular flexibility index (Phi) is 6.74. The average Bonchev–Trinajstić information content (AvgIpc) is 3.35. The van der Waals surface area contributed by atoms with Crippen LogP contribution in [0.1, 0.15) is 35.2 Å². The first-order valence-electron chi connectivity index (χ1n) is 12.4. The highest BCUT2D eigenvalue weighted by Crippen LogP contribution is 2.37. The second kappa shape index (κ2) is 10.3. The zero-order valence-corrected chi connectivity index (χ0v) is 20.5.